The van der Waals surface area contributed by atoms with E-state index < -0.39 is 0 Å². The molecule has 2 N–H and O–H groups in total. The van der Waals surface area contributed by atoms with Gasteiger partial charge in [0.05, 0.1) is 5.56 Å². The minimum atomic E-state index is -0.383. The van der Waals surface area contributed by atoms with Gasteiger partial charge in [0.25, 0.3) is 5.91 Å². The van der Waals surface area contributed by atoms with Crippen molar-refractivity contribution in [1.29, 1.82) is 0 Å². The number of anilines is 1. The lowest BCUT2D eigenvalue weighted by Gasteiger charge is -2.10. The standard InChI is InChI=1S/C16H16ClNO2/c1-10(2)11-4-3-5-13(8-11)18-16(20)14-9-12(17)6-7-15(14)19/h3-10,19H,1-2H3,(H,18,20). The zero-order valence-electron chi connectivity index (χ0n) is 11.4. The first-order chi connectivity index (χ1) is 9.47. The molecule has 1 amide bonds. The molecule has 0 aliphatic heterocycles. The highest BCUT2D eigenvalue weighted by Crippen LogP contribution is 2.24. The number of hydrogen-bond acceptors (Lipinski definition) is 2. The Labute approximate surface area is 123 Å². The molecule has 104 valence electrons. The second-order valence-electron chi connectivity index (χ2n) is 4.90. The number of halogens is 1. The van der Waals surface area contributed by atoms with Gasteiger partial charge < -0.3 is 10.4 Å². The van der Waals surface area contributed by atoms with Crippen molar-refractivity contribution >= 4 is 23.2 Å². The lowest BCUT2D eigenvalue weighted by Crippen LogP contribution is -2.12. The molecule has 2 aromatic rings. The van der Waals surface area contributed by atoms with Crippen LogP contribution in [0.25, 0.3) is 0 Å². The van der Waals surface area contributed by atoms with Crippen LogP contribution in [0.15, 0.2) is 42.5 Å². The van der Waals surface area contributed by atoms with E-state index in [1.165, 1.54) is 18.2 Å². The fraction of sp³-hybridized carbons (Fsp3) is 0.188. The molecule has 3 nitrogen and oxygen atoms in total. The number of phenols is 1. The van der Waals surface area contributed by atoms with Gasteiger partial charge in [0.1, 0.15) is 5.75 Å². The Morgan fingerprint density at radius 1 is 1.20 bits per heavy atom. The monoisotopic (exact) mass is 289 g/mol. The second-order valence-corrected chi connectivity index (χ2v) is 5.33. The van der Waals surface area contributed by atoms with Gasteiger partial charge in [0.15, 0.2) is 0 Å². The van der Waals surface area contributed by atoms with Crippen LogP contribution in [0, 0.1) is 0 Å². The van der Waals surface area contributed by atoms with Crippen LogP contribution in [0.3, 0.4) is 0 Å². The highest BCUT2D eigenvalue weighted by molar-refractivity contribution is 6.31. The van der Waals surface area contributed by atoms with Crippen LogP contribution in [-0.2, 0) is 0 Å². The summed E-state index contributed by atoms with van der Waals surface area (Å²) in [6, 6.07) is 12.0. The minimum absolute atomic E-state index is 0.0908. The molecule has 0 saturated carbocycles. The predicted octanol–water partition coefficient (Wildman–Crippen LogP) is 4.42. The first-order valence-electron chi connectivity index (χ1n) is 6.37. The van der Waals surface area contributed by atoms with Gasteiger partial charge in [-0.25, -0.2) is 0 Å². The Hall–Kier alpha value is -2.00. The molecule has 4 heteroatoms. The summed E-state index contributed by atoms with van der Waals surface area (Å²) >= 11 is 5.84. The molecule has 0 spiro atoms. The lowest BCUT2D eigenvalue weighted by atomic mass is 10.0. The predicted molar refractivity (Wildman–Crippen MR) is 81.6 cm³/mol. The van der Waals surface area contributed by atoms with Crippen LogP contribution in [0.4, 0.5) is 5.69 Å². The van der Waals surface area contributed by atoms with Crippen molar-refractivity contribution in [2.24, 2.45) is 0 Å². The fourth-order valence-electron chi connectivity index (χ4n) is 1.86. The molecule has 0 heterocycles. The third-order valence-electron chi connectivity index (χ3n) is 3.01. The maximum Gasteiger partial charge on any atom is 0.259 e. The molecule has 0 atom stereocenters. The van der Waals surface area contributed by atoms with Gasteiger partial charge in [-0.1, -0.05) is 37.6 Å². The fourth-order valence-corrected chi connectivity index (χ4v) is 2.04. The van der Waals surface area contributed by atoms with Crippen molar-refractivity contribution < 1.29 is 9.90 Å². The molecule has 0 bridgehead atoms. The largest absolute Gasteiger partial charge is 0.507 e. The molecule has 0 radical (unpaired) electrons. The maximum absolute atomic E-state index is 12.1. The molecule has 0 unspecified atom stereocenters. The number of carbonyl (C=O) groups excluding carboxylic acids is 1. The second kappa shape index (κ2) is 5.97. The van der Waals surface area contributed by atoms with E-state index >= 15 is 0 Å². The van der Waals surface area contributed by atoms with Crippen molar-refractivity contribution in [3.63, 3.8) is 0 Å². The summed E-state index contributed by atoms with van der Waals surface area (Å²) in [5.41, 5.74) is 1.99. The van der Waals surface area contributed by atoms with Gasteiger partial charge >= 0.3 is 0 Å². The van der Waals surface area contributed by atoms with E-state index in [9.17, 15) is 9.90 Å². The van der Waals surface area contributed by atoms with Crippen molar-refractivity contribution in [2.75, 3.05) is 5.32 Å². The number of aromatic hydroxyl groups is 1. The first kappa shape index (κ1) is 14.4. The molecular weight excluding hydrogens is 274 g/mol. The van der Waals surface area contributed by atoms with Crippen molar-refractivity contribution in [2.45, 2.75) is 19.8 Å². The van der Waals surface area contributed by atoms with Crippen LogP contribution in [0.2, 0.25) is 5.02 Å². The normalized spacial score (nSPS) is 10.6. The van der Waals surface area contributed by atoms with E-state index in [0.29, 0.717) is 16.6 Å². The minimum Gasteiger partial charge on any atom is -0.507 e. The summed E-state index contributed by atoms with van der Waals surface area (Å²) in [5, 5.41) is 12.9. The molecule has 20 heavy (non-hydrogen) atoms. The zero-order chi connectivity index (χ0) is 14.7. The molecule has 2 rings (SSSR count). The number of rotatable bonds is 3. The first-order valence-corrected chi connectivity index (χ1v) is 6.75. The average Bonchev–Trinajstić information content (AvgIpc) is 2.41. The Kier molecular flexibility index (Phi) is 4.30. The molecule has 0 aliphatic carbocycles. The van der Waals surface area contributed by atoms with Gasteiger partial charge in [-0.05, 0) is 41.8 Å². The van der Waals surface area contributed by atoms with E-state index in [0.717, 1.165) is 5.56 Å². The quantitative estimate of drug-likeness (QED) is 0.878. The lowest BCUT2D eigenvalue weighted by molar-refractivity contribution is 0.102. The highest BCUT2D eigenvalue weighted by Gasteiger charge is 2.12. The smallest absolute Gasteiger partial charge is 0.259 e. The van der Waals surface area contributed by atoms with Gasteiger partial charge in [-0.2, -0.15) is 0 Å². The van der Waals surface area contributed by atoms with Gasteiger partial charge in [0, 0.05) is 10.7 Å². The number of carbonyl (C=O) groups is 1. The molecular formula is C16H16ClNO2. The van der Waals surface area contributed by atoms with Crippen LogP contribution < -0.4 is 5.32 Å². The van der Waals surface area contributed by atoms with Crippen LogP contribution >= 0.6 is 11.6 Å². The summed E-state index contributed by atoms with van der Waals surface area (Å²) in [5.74, 6) is -0.0933. The Balaban J connectivity index is 2.23. The van der Waals surface area contributed by atoms with Crippen molar-refractivity contribution in [3.8, 4) is 5.75 Å². The third-order valence-corrected chi connectivity index (χ3v) is 3.25. The average molecular weight is 290 g/mol. The number of amides is 1. The molecule has 2 aromatic carbocycles. The molecule has 0 saturated heterocycles. The van der Waals surface area contributed by atoms with Crippen LogP contribution in [0.5, 0.6) is 5.75 Å². The van der Waals surface area contributed by atoms with Crippen molar-refractivity contribution in [3.05, 3.63) is 58.6 Å². The Morgan fingerprint density at radius 3 is 2.65 bits per heavy atom. The summed E-state index contributed by atoms with van der Waals surface area (Å²) in [4.78, 5) is 12.1. The Morgan fingerprint density at radius 2 is 1.95 bits per heavy atom. The van der Waals surface area contributed by atoms with E-state index in [2.05, 4.69) is 19.2 Å². The maximum atomic E-state index is 12.1. The van der Waals surface area contributed by atoms with Crippen molar-refractivity contribution in [1.82, 2.24) is 0 Å². The van der Waals surface area contributed by atoms with E-state index in [-0.39, 0.29) is 17.2 Å². The Bertz CT molecular complexity index is 638. The summed E-state index contributed by atoms with van der Waals surface area (Å²) in [6.07, 6.45) is 0. The zero-order valence-corrected chi connectivity index (χ0v) is 12.1. The SMILES string of the molecule is CC(C)c1cccc(NC(=O)c2cc(Cl)ccc2O)c1. The van der Waals surface area contributed by atoms with Crippen LogP contribution in [-0.4, -0.2) is 11.0 Å². The van der Waals surface area contributed by atoms with E-state index in [4.69, 9.17) is 11.6 Å². The highest BCUT2D eigenvalue weighted by atomic mass is 35.5. The van der Waals surface area contributed by atoms with E-state index in [1.54, 1.807) is 0 Å². The number of benzene rings is 2. The van der Waals surface area contributed by atoms with Gasteiger partial charge in [-0.3, -0.25) is 4.79 Å². The topological polar surface area (TPSA) is 49.3 Å². The third kappa shape index (κ3) is 3.31. The summed E-state index contributed by atoms with van der Waals surface area (Å²) in [6.45, 7) is 4.17. The molecule has 0 aromatic heterocycles. The number of hydrogen-bond donors (Lipinski definition) is 2. The van der Waals surface area contributed by atoms with E-state index in [1.807, 2.05) is 24.3 Å². The number of phenolic OH excluding ortho intramolecular Hbond substituents is 1. The van der Waals surface area contributed by atoms with Gasteiger partial charge in [-0.15, -0.1) is 0 Å². The van der Waals surface area contributed by atoms with Crippen LogP contribution in [0.1, 0.15) is 35.7 Å². The molecule has 0 fully saturated rings. The molecule has 0 aliphatic rings. The summed E-state index contributed by atoms with van der Waals surface area (Å²) in [7, 11) is 0. The number of nitrogens with one attached hydrogen (secondary N) is 1. The summed E-state index contributed by atoms with van der Waals surface area (Å²) < 4.78 is 0. The van der Waals surface area contributed by atoms with Gasteiger partial charge in [0.2, 0.25) is 0 Å².